The van der Waals surface area contributed by atoms with Crippen molar-refractivity contribution in [1.82, 2.24) is 0 Å². The number of aliphatic hydroxyl groups excluding tert-OH is 1. The molecule has 0 spiro atoms. The van der Waals surface area contributed by atoms with Crippen LogP contribution in [0.15, 0.2) is 0 Å². The molecule has 0 aromatic rings. The van der Waals surface area contributed by atoms with E-state index >= 15 is 0 Å². The molecule has 0 atom stereocenters. The first-order valence-corrected chi connectivity index (χ1v) is 7.46. The van der Waals surface area contributed by atoms with E-state index in [4.69, 9.17) is 28.6 Å². The zero-order chi connectivity index (χ0) is 15.1. The molecule has 20 heavy (non-hydrogen) atoms. The van der Waals surface area contributed by atoms with Gasteiger partial charge in [-0.05, 0) is 0 Å². The number of aliphatic hydroxyl groups is 1. The van der Waals surface area contributed by atoms with Crippen LogP contribution in [-0.2, 0) is 33.5 Å². The average molecular weight is 318 g/mol. The van der Waals surface area contributed by atoms with Crippen molar-refractivity contribution in [1.29, 1.82) is 0 Å². The van der Waals surface area contributed by atoms with E-state index in [-0.39, 0.29) is 26.4 Å². The van der Waals surface area contributed by atoms with E-state index in [9.17, 15) is 8.42 Å². The van der Waals surface area contributed by atoms with Crippen LogP contribution in [-0.4, -0.2) is 84.1 Å². The molecule has 10 heteroatoms. The van der Waals surface area contributed by atoms with Gasteiger partial charge in [-0.15, -0.1) is 0 Å². The first-order chi connectivity index (χ1) is 9.56. The standard InChI is InChI=1S/C10H22O9S/c11-1-2-15-3-4-16-5-6-17-7-8-18-9-10-19-20(12,13)14/h11H,1-10H2,(H,12,13,14). The minimum atomic E-state index is -4.39. The predicted octanol–water partition coefficient (Wildman–Crippen LogP) is -1.14. The summed E-state index contributed by atoms with van der Waals surface area (Å²) in [7, 11) is -4.39. The van der Waals surface area contributed by atoms with Crippen molar-refractivity contribution >= 4 is 10.4 Å². The summed E-state index contributed by atoms with van der Waals surface area (Å²) in [6, 6.07) is 0. The number of hydrogen-bond donors (Lipinski definition) is 2. The van der Waals surface area contributed by atoms with E-state index in [0.29, 0.717) is 39.6 Å². The van der Waals surface area contributed by atoms with Crippen LogP contribution in [0.25, 0.3) is 0 Å². The maximum Gasteiger partial charge on any atom is 0.397 e. The van der Waals surface area contributed by atoms with Crippen molar-refractivity contribution in [3.8, 4) is 0 Å². The average Bonchev–Trinajstić information content (AvgIpc) is 2.38. The Bertz CT molecular complexity index is 293. The van der Waals surface area contributed by atoms with Crippen LogP contribution >= 0.6 is 0 Å². The van der Waals surface area contributed by atoms with Gasteiger partial charge >= 0.3 is 10.4 Å². The van der Waals surface area contributed by atoms with Crippen LogP contribution in [0.5, 0.6) is 0 Å². The van der Waals surface area contributed by atoms with E-state index in [1.54, 1.807) is 0 Å². The fourth-order valence-electron chi connectivity index (χ4n) is 1.02. The zero-order valence-electron chi connectivity index (χ0n) is 11.2. The lowest BCUT2D eigenvalue weighted by Crippen LogP contribution is -2.14. The third-order valence-corrected chi connectivity index (χ3v) is 2.28. The Balaban J connectivity index is 3.03. The quantitative estimate of drug-likeness (QED) is 0.285. The molecule has 0 saturated carbocycles. The van der Waals surface area contributed by atoms with Gasteiger partial charge in [0.1, 0.15) is 0 Å². The summed E-state index contributed by atoms with van der Waals surface area (Å²) in [5.41, 5.74) is 0. The van der Waals surface area contributed by atoms with Crippen LogP contribution in [0.4, 0.5) is 0 Å². The Hall–Kier alpha value is -0.330. The first kappa shape index (κ1) is 19.7. The van der Waals surface area contributed by atoms with Gasteiger partial charge in [0.05, 0.1) is 66.1 Å². The molecule has 0 aliphatic carbocycles. The molecular weight excluding hydrogens is 296 g/mol. The summed E-state index contributed by atoms with van der Waals surface area (Å²) < 4.78 is 52.9. The number of rotatable bonds is 15. The second-order valence-corrected chi connectivity index (χ2v) is 4.51. The minimum absolute atomic E-state index is 0.00160. The lowest BCUT2D eigenvalue weighted by Gasteiger charge is -2.07. The highest BCUT2D eigenvalue weighted by atomic mass is 32.3. The van der Waals surface area contributed by atoms with E-state index in [2.05, 4.69) is 4.18 Å². The molecule has 122 valence electrons. The van der Waals surface area contributed by atoms with Crippen molar-refractivity contribution in [3.63, 3.8) is 0 Å². The van der Waals surface area contributed by atoms with Gasteiger partial charge in [0.15, 0.2) is 0 Å². The summed E-state index contributed by atoms with van der Waals surface area (Å²) in [4.78, 5) is 0. The SMILES string of the molecule is O=S(=O)(O)OCCOCCOCCOCCOCCO. The predicted molar refractivity (Wildman–Crippen MR) is 67.9 cm³/mol. The molecule has 0 aromatic carbocycles. The monoisotopic (exact) mass is 318 g/mol. The molecule has 0 unspecified atom stereocenters. The van der Waals surface area contributed by atoms with Gasteiger partial charge in [-0.3, -0.25) is 4.55 Å². The molecule has 0 bridgehead atoms. The smallest absolute Gasteiger partial charge is 0.394 e. The molecule has 9 nitrogen and oxygen atoms in total. The van der Waals surface area contributed by atoms with Crippen molar-refractivity contribution < 1.29 is 41.2 Å². The van der Waals surface area contributed by atoms with E-state index < -0.39 is 10.4 Å². The molecule has 0 fully saturated rings. The Morgan fingerprint density at radius 2 is 1.00 bits per heavy atom. The van der Waals surface area contributed by atoms with Gasteiger partial charge in [0, 0.05) is 0 Å². The van der Waals surface area contributed by atoms with Crippen LogP contribution in [0, 0.1) is 0 Å². The maximum atomic E-state index is 10.2. The Labute approximate surface area is 118 Å². The molecule has 2 N–H and O–H groups in total. The second kappa shape index (κ2) is 13.6. The van der Waals surface area contributed by atoms with Crippen molar-refractivity contribution in [3.05, 3.63) is 0 Å². The van der Waals surface area contributed by atoms with Crippen LogP contribution in [0.2, 0.25) is 0 Å². The van der Waals surface area contributed by atoms with Crippen LogP contribution < -0.4 is 0 Å². The normalized spacial score (nSPS) is 11.9. The minimum Gasteiger partial charge on any atom is -0.394 e. The summed E-state index contributed by atoms with van der Waals surface area (Å²) in [6.45, 7) is 2.43. The highest BCUT2D eigenvalue weighted by molar-refractivity contribution is 7.80. The number of hydrogen-bond acceptors (Lipinski definition) is 8. The summed E-state index contributed by atoms with van der Waals surface area (Å²) in [6.07, 6.45) is 0. The molecule has 0 aromatic heterocycles. The van der Waals surface area contributed by atoms with Crippen LogP contribution in [0.1, 0.15) is 0 Å². The Morgan fingerprint density at radius 1 is 0.650 bits per heavy atom. The highest BCUT2D eigenvalue weighted by Gasteiger charge is 2.02. The zero-order valence-corrected chi connectivity index (χ0v) is 12.0. The van der Waals surface area contributed by atoms with Crippen LogP contribution in [0.3, 0.4) is 0 Å². The lowest BCUT2D eigenvalue weighted by molar-refractivity contribution is -0.00789. The van der Waals surface area contributed by atoms with Gasteiger partial charge in [0.2, 0.25) is 0 Å². The Morgan fingerprint density at radius 3 is 1.35 bits per heavy atom. The van der Waals surface area contributed by atoms with Gasteiger partial charge in [-0.25, -0.2) is 4.18 Å². The van der Waals surface area contributed by atoms with Crippen molar-refractivity contribution in [2.75, 3.05) is 66.1 Å². The van der Waals surface area contributed by atoms with Gasteiger partial charge in [-0.2, -0.15) is 8.42 Å². The van der Waals surface area contributed by atoms with Gasteiger partial charge in [0.25, 0.3) is 0 Å². The third kappa shape index (κ3) is 17.7. The lowest BCUT2D eigenvalue weighted by atomic mass is 10.7. The summed E-state index contributed by atoms with van der Waals surface area (Å²) in [5, 5.41) is 8.44. The molecule has 0 rings (SSSR count). The molecular formula is C10H22O9S. The largest absolute Gasteiger partial charge is 0.397 e. The molecule has 0 aliphatic rings. The molecule has 0 saturated heterocycles. The summed E-state index contributed by atoms with van der Waals surface area (Å²) >= 11 is 0. The maximum absolute atomic E-state index is 10.2. The highest BCUT2D eigenvalue weighted by Crippen LogP contribution is 1.87. The fraction of sp³-hybridized carbons (Fsp3) is 1.00. The fourth-order valence-corrected chi connectivity index (χ4v) is 1.30. The topological polar surface area (TPSA) is 121 Å². The molecule has 0 heterocycles. The summed E-state index contributed by atoms with van der Waals surface area (Å²) in [5.74, 6) is 0. The van der Waals surface area contributed by atoms with Crippen molar-refractivity contribution in [2.24, 2.45) is 0 Å². The van der Waals surface area contributed by atoms with E-state index in [1.807, 2.05) is 0 Å². The van der Waals surface area contributed by atoms with E-state index in [0.717, 1.165) is 0 Å². The van der Waals surface area contributed by atoms with Crippen molar-refractivity contribution in [2.45, 2.75) is 0 Å². The number of ether oxygens (including phenoxy) is 4. The van der Waals surface area contributed by atoms with E-state index in [1.165, 1.54) is 0 Å². The third-order valence-electron chi connectivity index (χ3n) is 1.81. The first-order valence-electron chi connectivity index (χ1n) is 6.10. The molecule has 0 radical (unpaired) electrons. The molecule has 0 aliphatic heterocycles. The molecule has 0 amide bonds. The van der Waals surface area contributed by atoms with Gasteiger partial charge in [-0.1, -0.05) is 0 Å². The Kier molecular flexibility index (Phi) is 13.4. The second-order valence-electron chi connectivity index (χ2n) is 3.42. The van der Waals surface area contributed by atoms with Gasteiger partial charge < -0.3 is 24.1 Å².